The summed E-state index contributed by atoms with van der Waals surface area (Å²) >= 11 is 0. The summed E-state index contributed by atoms with van der Waals surface area (Å²) in [5, 5.41) is 0. The first-order chi connectivity index (χ1) is 5.37. The van der Waals surface area contributed by atoms with E-state index in [0.29, 0.717) is 6.61 Å². The highest BCUT2D eigenvalue weighted by atomic mass is 31.2. The zero-order valence-electron chi connectivity index (χ0n) is 7.61. The summed E-state index contributed by atoms with van der Waals surface area (Å²) < 4.78 is 15.6. The molecule has 0 aromatic carbocycles. The molecule has 72 valence electrons. The van der Waals surface area contributed by atoms with Gasteiger partial charge in [-0.2, -0.15) is 0 Å². The summed E-state index contributed by atoms with van der Waals surface area (Å²) in [6.07, 6.45) is -0.00810. The quantitative estimate of drug-likeness (QED) is 0.537. The van der Waals surface area contributed by atoms with Gasteiger partial charge < -0.3 is 9.63 Å². The van der Waals surface area contributed by atoms with E-state index in [0.717, 1.165) is 0 Å². The molecule has 0 aliphatic carbocycles. The average Bonchev–Trinajstić information content (AvgIpc) is 1.84. The van der Waals surface area contributed by atoms with Crippen molar-refractivity contribution in [3.05, 3.63) is 0 Å². The van der Waals surface area contributed by atoms with Gasteiger partial charge in [0.2, 0.25) is 0 Å². The van der Waals surface area contributed by atoms with E-state index in [1.807, 2.05) is 0 Å². The van der Waals surface area contributed by atoms with Crippen LogP contribution in [0.4, 0.5) is 0 Å². The van der Waals surface area contributed by atoms with Crippen LogP contribution in [0.15, 0.2) is 0 Å². The van der Waals surface area contributed by atoms with Crippen molar-refractivity contribution in [3.63, 3.8) is 0 Å². The van der Waals surface area contributed by atoms with Gasteiger partial charge in [0.05, 0.1) is 12.5 Å². The third kappa shape index (κ3) is 5.33. The summed E-state index contributed by atoms with van der Waals surface area (Å²) in [4.78, 5) is 19.9. The van der Waals surface area contributed by atoms with Crippen molar-refractivity contribution in [2.24, 2.45) is 5.92 Å². The van der Waals surface area contributed by atoms with Crippen LogP contribution >= 0.6 is 7.37 Å². The van der Waals surface area contributed by atoms with Gasteiger partial charge in [0.15, 0.2) is 7.37 Å². The Hall–Kier alpha value is -0.340. The molecule has 0 aliphatic rings. The number of ether oxygens (including phenoxy) is 1. The highest BCUT2D eigenvalue weighted by Crippen LogP contribution is 2.37. The summed E-state index contributed by atoms with van der Waals surface area (Å²) in [6.45, 7) is 4.84. The Morgan fingerprint density at radius 2 is 2.17 bits per heavy atom. The molecule has 0 bridgehead atoms. The monoisotopic (exact) mass is 194 g/mol. The molecular formula is C7H15O4P. The largest absolute Gasteiger partial charge is 0.466 e. The van der Waals surface area contributed by atoms with Gasteiger partial charge in [-0.15, -0.1) is 0 Å². The predicted octanol–water partition coefficient (Wildman–Crippen LogP) is 1.09. The molecule has 0 aliphatic heterocycles. The Kier molecular flexibility index (Phi) is 4.50. The SMILES string of the molecule is CCOC(=O)C(C)CP(C)(=O)O. The number of carbonyl (C=O) groups is 1. The second-order valence-corrected chi connectivity index (χ2v) is 5.35. The molecule has 1 N–H and O–H groups in total. The minimum Gasteiger partial charge on any atom is -0.466 e. The number of carbonyl (C=O) groups excluding carboxylic acids is 1. The first kappa shape index (κ1) is 11.7. The molecule has 0 aromatic rings. The van der Waals surface area contributed by atoms with Crippen molar-refractivity contribution in [1.82, 2.24) is 0 Å². The molecule has 0 heterocycles. The van der Waals surface area contributed by atoms with Gasteiger partial charge in [-0.3, -0.25) is 9.36 Å². The maximum absolute atomic E-state index is 11.0. The number of hydrogen-bond acceptors (Lipinski definition) is 3. The molecule has 0 saturated heterocycles. The van der Waals surface area contributed by atoms with E-state index in [9.17, 15) is 9.36 Å². The van der Waals surface area contributed by atoms with Crippen LogP contribution < -0.4 is 0 Å². The van der Waals surface area contributed by atoms with Gasteiger partial charge in [-0.25, -0.2) is 0 Å². The van der Waals surface area contributed by atoms with Gasteiger partial charge in [-0.1, -0.05) is 6.92 Å². The van der Waals surface area contributed by atoms with Crippen LogP contribution in [-0.2, 0) is 14.1 Å². The van der Waals surface area contributed by atoms with Crippen molar-refractivity contribution in [3.8, 4) is 0 Å². The van der Waals surface area contributed by atoms with Crippen LogP contribution in [0.25, 0.3) is 0 Å². The van der Waals surface area contributed by atoms with Gasteiger partial charge in [0.25, 0.3) is 0 Å². The Balaban J connectivity index is 3.96. The molecule has 2 atom stereocenters. The number of hydrogen-bond donors (Lipinski definition) is 1. The second-order valence-electron chi connectivity index (χ2n) is 2.89. The van der Waals surface area contributed by atoms with E-state index in [1.165, 1.54) is 6.66 Å². The molecule has 5 heteroatoms. The fourth-order valence-corrected chi connectivity index (χ4v) is 2.03. The van der Waals surface area contributed by atoms with E-state index in [4.69, 9.17) is 4.89 Å². The molecule has 0 spiro atoms. The molecule has 0 saturated carbocycles. The topological polar surface area (TPSA) is 63.6 Å². The lowest BCUT2D eigenvalue weighted by Gasteiger charge is -2.11. The highest BCUT2D eigenvalue weighted by Gasteiger charge is 2.21. The van der Waals surface area contributed by atoms with Crippen LogP contribution in [-0.4, -0.2) is 30.3 Å². The molecule has 0 aromatic heterocycles. The zero-order chi connectivity index (χ0) is 9.78. The minimum atomic E-state index is -3.10. The average molecular weight is 194 g/mol. The van der Waals surface area contributed by atoms with Crippen LogP contribution in [0.2, 0.25) is 0 Å². The third-order valence-electron chi connectivity index (χ3n) is 1.30. The van der Waals surface area contributed by atoms with Gasteiger partial charge in [0.1, 0.15) is 0 Å². The van der Waals surface area contributed by atoms with E-state index in [-0.39, 0.29) is 6.16 Å². The lowest BCUT2D eigenvalue weighted by atomic mass is 10.2. The van der Waals surface area contributed by atoms with E-state index in [2.05, 4.69) is 4.74 Å². The molecule has 0 radical (unpaired) electrons. The Bertz CT molecular complexity index is 196. The lowest BCUT2D eigenvalue weighted by molar-refractivity contribution is -0.146. The fourth-order valence-electron chi connectivity index (χ4n) is 0.867. The summed E-state index contributed by atoms with van der Waals surface area (Å²) in [7, 11) is -3.10. The molecule has 0 amide bonds. The summed E-state index contributed by atoms with van der Waals surface area (Å²) in [5.74, 6) is -0.903. The molecule has 0 fully saturated rings. The van der Waals surface area contributed by atoms with Crippen molar-refractivity contribution < 1.29 is 19.0 Å². The summed E-state index contributed by atoms with van der Waals surface area (Å²) in [6, 6.07) is 0. The number of esters is 1. The molecule has 2 unspecified atom stereocenters. The first-order valence-corrected chi connectivity index (χ1v) is 6.12. The van der Waals surface area contributed by atoms with Crippen molar-refractivity contribution in [2.45, 2.75) is 13.8 Å². The summed E-state index contributed by atoms with van der Waals surface area (Å²) in [5.41, 5.74) is 0. The van der Waals surface area contributed by atoms with Crippen LogP contribution in [0.1, 0.15) is 13.8 Å². The second kappa shape index (κ2) is 4.63. The maximum atomic E-state index is 11.0. The van der Waals surface area contributed by atoms with Crippen molar-refractivity contribution in [1.29, 1.82) is 0 Å². The molecular weight excluding hydrogens is 179 g/mol. The van der Waals surface area contributed by atoms with E-state index >= 15 is 0 Å². The smallest absolute Gasteiger partial charge is 0.309 e. The minimum absolute atomic E-state index is 0.00810. The van der Waals surface area contributed by atoms with Gasteiger partial charge in [-0.05, 0) is 6.92 Å². The predicted molar refractivity (Wildman–Crippen MR) is 46.4 cm³/mol. The highest BCUT2D eigenvalue weighted by molar-refractivity contribution is 7.57. The molecule has 4 nitrogen and oxygen atoms in total. The maximum Gasteiger partial charge on any atom is 0.309 e. The van der Waals surface area contributed by atoms with Gasteiger partial charge in [0, 0.05) is 12.8 Å². The zero-order valence-corrected chi connectivity index (χ0v) is 8.51. The molecule has 0 rings (SSSR count). The van der Waals surface area contributed by atoms with E-state index < -0.39 is 19.3 Å². The Morgan fingerprint density at radius 3 is 2.50 bits per heavy atom. The fraction of sp³-hybridized carbons (Fsp3) is 0.857. The lowest BCUT2D eigenvalue weighted by Crippen LogP contribution is -2.18. The normalized spacial score (nSPS) is 18.0. The third-order valence-corrected chi connectivity index (χ3v) is 2.53. The van der Waals surface area contributed by atoms with Crippen LogP contribution in [0.3, 0.4) is 0 Å². The first-order valence-electron chi connectivity index (χ1n) is 3.82. The Morgan fingerprint density at radius 1 is 1.67 bits per heavy atom. The number of rotatable bonds is 4. The van der Waals surface area contributed by atoms with Crippen LogP contribution in [0, 0.1) is 5.92 Å². The molecule has 12 heavy (non-hydrogen) atoms. The van der Waals surface area contributed by atoms with E-state index in [1.54, 1.807) is 13.8 Å². The van der Waals surface area contributed by atoms with Crippen LogP contribution in [0.5, 0.6) is 0 Å². The Labute approximate surface area is 72.4 Å². The van der Waals surface area contributed by atoms with Crippen molar-refractivity contribution in [2.75, 3.05) is 19.4 Å². The standard InChI is InChI=1S/C7H15O4P/c1-4-11-7(8)6(2)5-12(3,9)10/h6H,4-5H2,1-3H3,(H,9,10). The van der Waals surface area contributed by atoms with Gasteiger partial charge >= 0.3 is 5.97 Å². The van der Waals surface area contributed by atoms with Crippen molar-refractivity contribution >= 4 is 13.3 Å².